The zero-order valence-electron chi connectivity index (χ0n) is 18.3. The number of carbonyl (C=O) groups excluding carboxylic acids is 2. The molecule has 32 heavy (non-hydrogen) atoms. The van der Waals surface area contributed by atoms with Gasteiger partial charge in [0.2, 0.25) is 5.91 Å². The van der Waals surface area contributed by atoms with Crippen LogP contribution < -0.4 is 10.5 Å². The molecule has 0 bridgehead atoms. The Hall–Kier alpha value is -3.60. The second-order valence-electron chi connectivity index (χ2n) is 8.44. The van der Waals surface area contributed by atoms with E-state index in [0.717, 1.165) is 28.9 Å². The fourth-order valence-corrected chi connectivity index (χ4v) is 4.49. The summed E-state index contributed by atoms with van der Waals surface area (Å²) >= 11 is 0. The van der Waals surface area contributed by atoms with Gasteiger partial charge in [0, 0.05) is 18.7 Å². The van der Waals surface area contributed by atoms with Crippen LogP contribution in [0, 0.1) is 5.41 Å². The van der Waals surface area contributed by atoms with Gasteiger partial charge in [0.05, 0.1) is 12.5 Å². The number of amides is 2. The normalized spacial score (nSPS) is 18.2. The Kier molecular flexibility index (Phi) is 6.26. The van der Waals surface area contributed by atoms with Crippen LogP contribution in [0.15, 0.2) is 78.9 Å². The van der Waals surface area contributed by atoms with E-state index in [0.29, 0.717) is 31.5 Å². The average Bonchev–Trinajstić information content (AvgIpc) is 2.85. The molecule has 0 spiro atoms. The molecule has 3 aromatic rings. The molecule has 4 rings (SSSR count). The highest BCUT2D eigenvalue weighted by Gasteiger charge is 2.42. The van der Waals surface area contributed by atoms with Crippen molar-refractivity contribution in [3.05, 3.63) is 90.0 Å². The lowest BCUT2D eigenvalue weighted by Crippen LogP contribution is -2.53. The van der Waals surface area contributed by atoms with E-state index in [2.05, 4.69) is 12.1 Å². The maximum Gasteiger partial charge on any atom is 0.253 e. The van der Waals surface area contributed by atoms with Gasteiger partial charge in [-0.15, -0.1) is 0 Å². The highest BCUT2D eigenvalue weighted by atomic mass is 16.5. The highest BCUT2D eigenvalue weighted by Crippen LogP contribution is 2.35. The molecule has 1 fully saturated rings. The van der Waals surface area contributed by atoms with Crippen molar-refractivity contribution >= 4 is 11.8 Å². The third-order valence-electron chi connectivity index (χ3n) is 6.33. The molecule has 1 heterocycles. The molecule has 1 aliphatic rings. The maximum atomic E-state index is 13.0. The van der Waals surface area contributed by atoms with Crippen LogP contribution >= 0.6 is 0 Å². The number of ether oxygens (including phenoxy) is 1. The fourth-order valence-electron chi connectivity index (χ4n) is 4.49. The molecule has 2 amide bonds. The summed E-state index contributed by atoms with van der Waals surface area (Å²) in [5.74, 6) is 0.425. The summed E-state index contributed by atoms with van der Waals surface area (Å²) in [7, 11) is 1.65. The van der Waals surface area contributed by atoms with Gasteiger partial charge in [0.1, 0.15) is 5.75 Å². The summed E-state index contributed by atoms with van der Waals surface area (Å²) in [6, 6.07) is 25.3. The van der Waals surface area contributed by atoms with Crippen LogP contribution in [-0.4, -0.2) is 36.9 Å². The number of piperidine rings is 1. The lowest BCUT2D eigenvalue weighted by Gasteiger charge is -2.41. The number of nitrogens with zero attached hydrogens (tertiary/aromatic N) is 1. The Labute approximate surface area is 188 Å². The topological polar surface area (TPSA) is 72.6 Å². The number of rotatable bonds is 6. The van der Waals surface area contributed by atoms with Crippen molar-refractivity contribution in [1.29, 1.82) is 0 Å². The summed E-state index contributed by atoms with van der Waals surface area (Å²) in [6.07, 6.45) is 1.95. The van der Waals surface area contributed by atoms with Crippen LogP contribution in [0.2, 0.25) is 0 Å². The van der Waals surface area contributed by atoms with E-state index in [4.69, 9.17) is 10.5 Å². The minimum Gasteiger partial charge on any atom is -0.497 e. The zero-order chi connectivity index (χ0) is 22.6. The van der Waals surface area contributed by atoms with Crippen molar-refractivity contribution < 1.29 is 14.3 Å². The molecule has 1 unspecified atom stereocenters. The second-order valence-corrected chi connectivity index (χ2v) is 8.44. The van der Waals surface area contributed by atoms with Crippen LogP contribution in [0.25, 0.3) is 11.1 Å². The number of likely N-dealkylation sites (tertiary alicyclic amines) is 1. The van der Waals surface area contributed by atoms with Gasteiger partial charge in [-0.05, 0) is 60.2 Å². The van der Waals surface area contributed by atoms with Crippen molar-refractivity contribution in [2.75, 3.05) is 20.2 Å². The molecule has 2 N–H and O–H groups in total. The summed E-state index contributed by atoms with van der Waals surface area (Å²) < 4.78 is 5.22. The molecular formula is C27H28N2O3. The number of primary amides is 1. The van der Waals surface area contributed by atoms with E-state index in [1.165, 1.54) is 0 Å². The van der Waals surface area contributed by atoms with Gasteiger partial charge >= 0.3 is 0 Å². The molecule has 5 nitrogen and oxygen atoms in total. The molecular weight excluding hydrogens is 400 g/mol. The zero-order valence-corrected chi connectivity index (χ0v) is 18.3. The predicted molar refractivity (Wildman–Crippen MR) is 125 cm³/mol. The second kappa shape index (κ2) is 9.27. The first kappa shape index (κ1) is 21.6. The van der Waals surface area contributed by atoms with E-state index in [1.54, 1.807) is 24.1 Å². The van der Waals surface area contributed by atoms with Gasteiger partial charge in [-0.2, -0.15) is 0 Å². The molecule has 3 aromatic carbocycles. The maximum absolute atomic E-state index is 13.0. The van der Waals surface area contributed by atoms with Crippen LogP contribution in [0.1, 0.15) is 28.8 Å². The molecule has 1 aliphatic heterocycles. The van der Waals surface area contributed by atoms with Gasteiger partial charge in [0.25, 0.3) is 5.91 Å². The summed E-state index contributed by atoms with van der Waals surface area (Å²) in [4.78, 5) is 27.4. The largest absolute Gasteiger partial charge is 0.497 e. The number of hydrogen-bond acceptors (Lipinski definition) is 3. The monoisotopic (exact) mass is 428 g/mol. The van der Waals surface area contributed by atoms with Gasteiger partial charge in [-0.1, -0.05) is 54.6 Å². The van der Waals surface area contributed by atoms with E-state index in [1.807, 2.05) is 54.6 Å². The van der Waals surface area contributed by atoms with Crippen molar-refractivity contribution in [2.45, 2.75) is 19.3 Å². The van der Waals surface area contributed by atoms with E-state index >= 15 is 0 Å². The van der Waals surface area contributed by atoms with Gasteiger partial charge in [-0.3, -0.25) is 9.59 Å². The Morgan fingerprint density at radius 3 is 2.16 bits per heavy atom. The third kappa shape index (κ3) is 4.52. The predicted octanol–water partition coefficient (Wildman–Crippen LogP) is 4.31. The molecule has 0 saturated carbocycles. The molecule has 0 aliphatic carbocycles. The summed E-state index contributed by atoms with van der Waals surface area (Å²) in [5, 5.41) is 0. The molecule has 0 radical (unpaired) electrons. The summed E-state index contributed by atoms with van der Waals surface area (Å²) in [6.45, 7) is 0.982. The number of carbonyl (C=O) groups is 2. The average molecular weight is 429 g/mol. The van der Waals surface area contributed by atoms with Crippen molar-refractivity contribution in [1.82, 2.24) is 4.90 Å². The Morgan fingerprint density at radius 1 is 0.938 bits per heavy atom. The number of hydrogen-bond donors (Lipinski definition) is 1. The van der Waals surface area contributed by atoms with Gasteiger partial charge < -0.3 is 15.4 Å². The van der Waals surface area contributed by atoms with Crippen LogP contribution in [0.3, 0.4) is 0 Å². The minimum atomic E-state index is -0.760. The van der Waals surface area contributed by atoms with E-state index < -0.39 is 5.41 Å². The van der Waals surface area contributed by atoms with Crippen LogP contribution in [0.5, 0.6) is 5.75 Å². The first-order valence-electron chi connectivity index (χ1n) is 10.9. The quantitative estimate of drug-likeness (QED) is 0.636. The Morgan fingerprint density at radius 2 is 1.56 bits per heavy atom. The Bertz CT molecular complexity index is 1080. The fraction of sp³-hybridized carbons (Fsp3) is 0.259. The van der Waals surface area contributed by atoms with Crippen molar-refractivity contribution in [3.8, 4) is 16.9 Å². The standard InChI is InChI=1S/C27H28N2O3/c1-32-24-14-12-22(13-15-24)21-10-8-20(9-11-21)18-27(26(28)31)16-5-17-29(19-27)25(30)23-6-3-2-4-7-23/h2-4,6-15H,5,16-19H2,1H3,(H2,28,31). The molecule has 0 aromatic heterocycles. The first-order chi connectivity index (χ1) is 15.5. The van der Waals surface area contributed by atoms with E-state index in [9.17, 15) is 9.59 Å². The van der Waals surface area contributed by atoms with Crippen LogP contribution in [-0.2, 0) is 11.2 Å². The number of benzene rings is 3. The lowest BCUT2D eigenvalue weighted by molar-refractivity contribution is -0.130. The SMILES string of the molecule is COc1ccc(-c2ccc(CC3(C(N)=O)CCCN(C(=O)c4ccccc4)C3)cc2)cc1. The van der Waals surface area contributed by atoms with Gasteiger partial charge in [-0.25, -0.2) is 0 Å². The number of methoxy groups -OCH3 is 1. The third-order valence-corrected chi connectivity index (χ3v) is 6.33. The molecule has 164 valence electrons. The molecule has 1 atom stereocenters. The highest BCUT2D eigenvalue weighted by molar-refractivity contribution is 5.95. The Balaban J connectivity index is 1.52. The molecule has 1 saturated heterocycles. The first-order valence-corrected chi connectivity index (χ1v) is 10.9. The number of nitrogens with two attached hydrogens (primary N) is 1. The van der Waals surface area contributed by atoms with Gasteiger partial charge in [0.15, 0.2) is 0 Å². The van der Waals surface area contributed by atoms with Crippen molar-refractivity contribution in [3.63, 3.8) is 0 Å². The minimum absolute atomic E-state index is 0.0502. The smallest absolute Gasteiger partial charge is 0.253 e. The molecule has 5 heteroatoms. The summed E-state index contributed by atoms with van der Waals surface area (Å²) in [5.41, 5.74) is 9.01. The van der Waals surface area contributed by atoms with Crippen molar-refractivity contribution in [2.24, 2.45) is 11.1 Å². The lowest BCUT2D eigenvalue weighted by atomic mass is 9.74. The van der Waals surface area contributed by atoms with Crippen LogP contribution in [0.4, 0.5) is 0 Å². The van der Waals surface area contributed by atoms with E-state index in [-0.39, 0.29) is 11.8 Å².